The van der Waals surface area contributed by atoms with Gasteiger partial charge in [0.1, 0.15) is 30.7 Å². The van der Waals surface area contributed by atoms with Crippen LogP contribution in [0.15, 0.2) is 66.7 Å². The van der Waals surface area contributed by atoms with Crippen molar-refractivity contribution in [2.45, 2.75) is 13.0 Å². The molecule has 0 fully saturated rings. The molecule has 0 aliphatic heterocycles. The Balaban J connectivity index is 1.67. The van der Waals surface area contributed by atoms with Crippen LogP contribution in [0.1, 0.15) is 5.56 Å². The molecule has 0 aliphatic rings. The van der Waals surface area contributed by atoms with Gasteiger partial charge in [-0.1, -0.05) is 48.5 Å². The highest BCUT2D eigenvalue weighted by Crippen LogP contribution is 2.25. The number of ether oxygens (including phenoxy) is 1. The second-order valence-electron chi connectivity index (χ2n) is 7.15. The molecule has 0 spiro atoms. The number of hydrogen-bond acceptors (Lipinski definition) is 2. The largest absolute Gasteiger partial charge is 0.490 e. The van der Waals surface area contributed by atoms with Crippen molar-refractivity contribution in [3.8, 4) is 5.75 Å². The standard InChI is InChI=1S/C22H26NO2/c1-17-8-6-11-19(14-17)23(2,3)15-20(24)16-25-22-13-7-10-18-9-4-5-12-21(18)22/h4-14,20,24H,15-16H2,1-3H3/q+1. The van der Waals surface area contributed by atoms with E-state index in [1.165, 1.54) is 11.3 Å². The summed E-state index contributed by atoms with van der Waals surface area (Å²) < 4.78 is 6.54. The van der Waals surface area contributed by atoms with Crippen molar-refractivity contribution in [2.75, 3.05) is 27.2 Å². The molecule has 0 aliphatic carbocycles. The zero-order valence-corrected chi connectivity index (χ0v) is 15.1. The molecular weight excluding hydrogens is 310 g/mol. The molecule has 1 unspecified atom stereocenters. The molecule has 1 atom stereocenters. The molecule has 25 heavy (non-hydrogen) atoms. The van der Waals surface area contributed by atoms with E-state index in [2.05, 4.69) is 57.4 Å². The number of fused-ring (bicyclic) bond motifs is 1. The van der Waals surface area contributed by atoms with Gasteiger partial charge in [0.15, 0.2) is 0 Å². The predicted molar refractivity (Wildman–Crippen MR) is 105 cm³/mol. The SMILES string of the molecule is Cc1cccc([N+](C)(C)CC(O)COc2cccc3ccccc23)c1. The van der Waals surface area contributed by atoms with Gasteiger partial charge in [-0.2, -0.15) is 0 Å². The van der Waals surface area contributed by atoms with Gasteiger partial charge in [0.2, 0.25) is 0 Å². The first-order valence-electron chi connectivity index (χ1n) is 8.64. The zero-order chi connectivity index (χ0) is 17.9. The molecule has 130 valence electrons. The third-order valence-electron chi connectivity index (χ3n) is 4.55. The van der Waals surface area contributed by atoms with Gasteiger partial charge in [-0.25, -0.2) is 0 Å². The van der Waals surface area contributed by atoms with Crippen LogP contribution < -0.4 is 9.22 Å². The van der Waals surface area contributed by atoms with Gasteiger partial charge in [0.05, 0.1) is 14.1 Å². The molecule has 3 aromatic carbocycles. The predicted octanol–water partition coefficient (Wildman–Crippen LogP) is 4.16. The molecule has 0 aromatic heterocycles. The van der Waals surface area contributed by atoms with Crippen molar-refractivity contribution in [1.82, 2.24) is 4.48 Å². The summed E-state index contributed by atoms with van der Waals surface area (Å²) in [4.78, 5) is 0. The number of rotatable bonds is 6. The number of hydrogen-bond donors (Lipinski definition) is 1. The van der Waals surface area contributed by atoms with Crippen LogP contribution in [0.25, 0.3) is 10.8 Å². The minimum atomic E-state index is -0.547. The number of quaternary nitrogens is 1. The van der Waals surface area contributed by atoms with Crippen LogP contribution in [-0.4, -0.2) is 38.5 Å². The van der Waals surface area contributed by atoms with Crippen molar-refractivity contribution in [3.63, 3.8) is 0 Å². The smallest absolute Gasteiger partial charge is 0.137 e. The highest BCUT2D eigenvalue weighted by molar-refractivity contribution is 5.88. The minimum Gasteiger partial charge on any atom is -0.490 e. The number of likely N-dealkylation sites (N-methyl/N-ethyl adjacent to an activating group) is 1. The summed E-state index contributed by atoms with van der Waals surface area (Å²) in [7, 11) is 4.21. The minimum absolute atomic E-state index is 0.279. The van der Waals surface area contributed by atoms with E-state index < -0.39 is 6.10 Å². The van der Waals surface area contributed by atoms with E-state index in [0.717, 1.165) is 16.5 Å². The maximum absolute atomic E-state index is 10.5. The van der Waals surface area contributed by atoms with Crippen molar-refractivity contribution in [1.29, 1.82) is 0 Å². The van der Waals surface area contributed by atoms with E-state index in [0.29, 0.717) is 11.0 Å². The monoisotopic (exact) mass is 336 g/mol. The summed E-state index contributed by atoms with van der Waals surface area (Å²) in [5, 5.41) is 12.7. The average Bonchev–Trinajstić information content (AvgIpc) is 2.59. The van der Waals surface area contributed by atoms with Crippen LogP contribution in [0.4, 0.5) is 5.69 Å². The van der Waals surface area contributed by atoms with Crippen molar-refractivity contribution >= 4 is 16.5 Å². The fraction of sp³-hybridized carbons (Fsp3) is 0.273. The highest BCUT2D eigenvalue weighted by Gasteiger charge is 2.24. The van der Waals surface area contributed by atoms with Crippen molar-refractivity contribution in [2.24, 2.45) is 0 Å². The maximum atomic E-state index is 10.5. The third kappa shape index (κ3) is 4.19. The second-order valence-corrected chi connectivity index (χ2v) is 7.15. The summed E-state index contributed by atoms with van der Waals surface area (Å²) >= 11 is 0. The number of aliphatic hydroxyl groups excluding tert-OH is 1. The van der Waals surface area contributed by atoms with Crippen LogP contribution in [0.5, 0.6) is 5.75 Å². The Bertz CT molecular complexity index is 852. The van der Waals surface area contributed by atoms with Crippen LogP contribution in [-0.2, 0) is 0 Å². The summed E-state index contributed by atoms with van der Waals surface area (Å²) in [5.41, 5.74) is 2.41. The van der Waals surface area contributed by atoms with Gasteiger partial charge < -0.3 is 9.84 Å². The highest BCUT2D eigenvalue weighted by atomic mass is 16.5. The van der Waals surface area contributed by atoms with Crippen LogP contribution >= 0.6 is 0 Å². The lowest BCUT2D eigenvalue weighted by Crippen LogP contribution is -2.47. The van der Waals surface area contributed by atoms with Gasteiger partial charge in [-0.15, -0.1) is 0 Å². The number of aryl methyl sites for hydroxylation is 1. The fourth-order valence-corrected chi connectivity index (χ4v) is 3.20. The number of aliphatic hydroxyl groups is 1. The van der Waals surface area contributed by atoms with E-state index in [4.69, 9.17) is 4.74 Å². The topological polar surface area (TPSA) is 29.5 Å². The molecule has 0 radical (unpaired) electrons. The summed E-state index contributed by atoms with van der Waals surface area (Å²) in [6, 6.07) is 22.5. The fourth-order valence-electron chi connectivity index (χ4n) is 3.20. The number of benzene rings is 3. The van der Waals surface area contributed by atoms with Crippen LogP contribution in [0, 0.1) is 6.92 Å². The molecule has 3 rings (SSSR count). The lowest BCUT2D eigenvalue weighted by Gasteiger charge is -2.31. The van der Waals surface area contributed by atoms with Gasteiger partial charge in [-0.05, 0) is 30.0 Å². The van der Waals surface area contributed by atoms with Gasteiger partial charge in [0.25, 0.3) is 0 Å². The quantitative estimate of drug-likeness (QED) is 0.685. The number of nitrogens with zero attached hydrogens (tertiary/aromatic N) is 1. The Labute approximate surface area is 149 Å². The van der Waals surface area contributed by atoms with Crippen molar-refractivity contribution < 1.29 is 9.84 Å². The molecule has 1 N–H and O–H groups in total. The lowest BCUT2D eigenvalue weighted by molar-refractivity contribution is 0.0847. The van der Waals surface area contributed by atoms with Gasteiger partial charge >= 0.3 is 0 Å². The molecule has 3 nitrogen and oxygen atoms in total. The molecule has 0 heterocycles. The Morgan fingerprint density at radius 2 is 1.68 bits per heavy atom. The Kier molecular flexibility index (Phi) is 5.07. The van der Waals surface area contributed by atoms with E-state index in [1.807, 2.05) is 30.3 Å². The summed E-state index contributed by atoms with van der Waals surface area (Å²) in [6.45, 7) is 2.96. The van der Waals surface area contributed by atoms with E-state index in [1.54, 1.807) is 0 Å². The maximum Gasteiger partial charge on any atom is 0.137 e. The Morgan fingerprint density at radius 3 is 2.48 bits per heavy atom. The second kappa shape index (κ2) is 7.26. The van der Waals surface area contributed by atoms with E-state index in [9.17, 15) is 5.11 Å². The van der Waals surface area contributed by atoms with E-state index >= 15 is 0 Å². The lowest BCUT2D eigenvalue weighted by atomic mass is 10.1. The normalized spacial score (nSPS) is 13.0. The molecule has 3 heteroatoms. The van der Waals surface area contributed by atoms with Gasteiger partial charge in [-0.3, -0.25) is 4.48 Å². The Morgan fingerprint density at radius 1 is 0.960 bits per heavy atom. The average molecular weight is 336 g/mol. The molecular formula is C22H26NO2+. The molecule has 0 amide bonds. The molecule has 3 aromatic rings. The van der Waals surface area contributed by atoms with E-state index in [-0.39, 0.29) is 6.61 Å². The molecule has 0 saturated carbocycles. The molecule has 0 bridgehead atoms. The first kappa shape index (κ1) is 17.5. The first-order valence-corrected chi connectivity index (χ1v) is 8.64. The molecule has 0 saturated heterocycles. The van der Waals surface area contributed by atoms with Crippen LogP contribution in [0.2, 0.25) is 0 Å². The Hall–Kier alpha value is -2.36. The third-order valence-corrected chi connectivity index (χ3v) is 4.55. The first-order chi connectivity index (χ1) is 12.0. The van der Waals surface area contributed by atoms with Crippen LogP contribution in [0.3, 0.4) is 0 Å². The summed E-state index contributed by atoms with van der Waals surface area (Å²) in [5.74, 6) is 0.818. The van der Waals surface area contributed by atoms with Crippen molar-refractivity contribution in [3.05, 3.63) is 72.3 Å². The summed E-state index contributed by atoms with van der Waals surface area (Å²) in [6.07, 6.45) is -0.547. The van der Waals surface area contributed by atoms with Gasteiger partial charge in [0, 0.05) is 11.5 Å². The zero-order valence-electron chi connectivity index (χ0n) is 15.1.